The Bertz CT molecular complexity index is 2380. The predicted octanol–water partition coefficient (Wildman–Crippen LogP) is 11.1. The van der Waals surface area contributed by atoms with E-state index in [-0.39, 0.29) is 5.41 Å². The first-order valence-corrected chi connectivity index (χ1v) is 15.6. The molecule has 4 nitrogen and oxygen atoms in total. The van der Waals surface area contributed by atoms with Crippen molar-refractivity contribution in [2.75, 3.05) is 0 Å². The molecule has 0 radical (unpaired) electrons. The smallest absolute Gasteiger partial charge is 0.0972 e. The molecule has 0 fully saturated rings. The van der Waals surface area contributed by atoms with Gasteiger partial charge in [0.25, 0.3) is 0 Å². The lowest BCUT2D eigenvalue weighted by atomic mass is 9.82. The van der Waals surface area contributed by atoms with Crippen molar-refractivity contribution in [3.8, 4) is 44.8 Å². The highest BCUT2D eigenvalue weighted by Crippen LogP contribution is 2.49. The van der Waals surface area contributed by atoms with Gasteiger partial charge in [0, 0.05) is 33.5 Å². The fraction of sp³-hybridized carbons (Fsp3) is 0.0952. The second kappa shape index (κ2) is 10.7. The molecule has 0 aliphatic heterocycles. The highest BCUT2D eigenvalue weighted by Gasteiger charge is 2.35. The Morgan fingerprint density at radius 3 is 1.89 bits per heavy atom. The van der Waals surface area contributed by atoms with E-state index in [2.05, 4.69) is 146 Å². The lowest BCUT2D eigenvalue weighted by Crippen LogP contribution is -2.14. The van der Waals surface area contributed by atoms with Gasteiger partial charge in [-0.1, -0.05) is 98.8 Å². The molecule has 8 rings (SSSR count). The second-order valence-electron chi connectivity index (χ2n) is 12.4. The molecule has 4 heteroatoms. The third-order valence-corrected chi connectivity index (χ3v) is 9.30. The van der Waals surface area contributed by atoms with Crippen molar-refractivity contribution in [2.24, 2.45) is 9.98 Å². The normalized spacial score (nSPS) is 13.3. The molecule has 0 unspecified atom stereocenters. The third-order valence-electron chi connectivity index (χ3n) is 9.30. The van der Waals surface area contributed by atoms with Crippen LogP contribution in [0.15, 0.2) is 131 Å². The number of aromatic nitrogens is 2. The largest absolute Gasteiger partial charge is 0.262 e. The van der Waals surface area contributed by atoms with Crippen LogP contribution in [-0.2, 0) is 5.41 Å². The average Bonchev–Trinajstić information content (AvgIpc) is 3.33. The van der Waals surface area contributed by atoms with Gasteiger partial charge in [-0.05, 0) is 83.4 Å². The molecule has 0 saturated carbocycles. The maximum Gasteiger partial charge on any atom is 0.0972 e. The van der Waals surface area contributed by atoms with Crippen molar-refractivity contribution >= 4 is 46.1 Å². The molecule has 0 spiro atoms. The van der Waals surface area contributed by atoms with Crippen LogP contribution < -0.4 is 0 Å². The zero-order chi connectivity index (χ0) is 31.4. The molecule has 0 saturated heterocycles. The Hall–Kier alpha value is -5.74. The quantitative estimate of drug-likeness (QED) is 0.147. The molecule has 46 heavy (non-hydrogen) atoms. The number of hydrogen-bond donors (Lipinski definition) is 0. The minimum Gasteiger partial charge on any atom is -0.262 e. The first-order valence-electron chi connectivity index (χ1n) is 15.6. The highest BCUT2D eigenvalue weighted by atomic mass is 14.8. The molecule has 0 atom stereocenters. The van der Waals surface area contributed by atoms with Crippen molar-refractivity contribution in [1.29, 1.82) is 0 Å². The number of aliphatic imine (C=N–C) groups is 2. The lowest BCUT2D eigenvalue weighted by molar-refractivity contribution is 0.660. The summed E-state index contributed by atoms with van der Waals surface area (Å²) in [6.45, 7) is 10.2. The molecule has 2 heterocycles. The Morgan fingerprint density at radius 1 is 0.565 bits per heavy atom. The van der Waals surface area contributed by atoms with Gasteiger partial charge in [-0.15, -0.1) is 0 Å². The Morgan fingerprint density at radius 2 is 1.17 bits per heavy atom. The van der Waals surface area contributed by atoms with Gasteiger partial charge in [-0.3, -0.25) is 9.98 Å². The number of nitrogens with zero attached hydrogens (tertiary/aromatic N) is 4. The number of hydrogen-bond acceptors (Lipinski definition) is 4. The maximum absolute atomic E-state index is 5.25. The Balaban J connectivity index is 1.21. The monoisotopic (exact) mass is 592 g/mol. The van der Waals surface area contributed by atoms with Gasteiger partial charge in [-0.25, -0.2) is 9.97 Å². The van der Waals surface area contributed by atoms with Crippen molar-refractivity contribution in [3.05, 3.63) is 132 Å². The average molecular weight is 593 g/mol. The van der Waals surface area contributed by atoms with E-state index in [0.717, 1.165) is 66.8 Å². The SMILES string of the molecule is C=Nc1ccc(-c2cccc(-c3ccc4ccc5ccc(-c6ccc7c(c6)C(C)(C)c6ccccc6-7)nc5c4n3)c2)cc1/N=C\C. The molecule has 0 bridgehead atoms. The van der Waals surface area contributed by atoms with Crippen LogP contribution in [0.2, 0.25) is 0 Å². The van der Waals surface area contributed by atoms with Gasteiger partial charge < -0.3 is 0 Å². The lowest BCUT2D eigenvalue weighted by Gasteiger charge is -2.21. The molecule has 1 aliphatic rings. The van der Waals surface area contributed by atoms with Crippen LogP contribution in [0, 0.1) is 0 Å². The summed E-state index contributed by atoms with van der Waals surface area (Å²) in [6.07, 6.45) is 1.77. The van der Waals surface area contributed by atoms with E-state index in [1.807, 2.05) is 13.0 Å². The maximum atomic E-state index is 5.25. The van der Waals surface area contributed by atoms with E-state index in [1.165, 1.54) is 22.3 Å². The summed E-state index contributed by atoms with van der Waals surface area (Å²) in [5.74, 6) is 0. The number of rotatable bonds is 5. The van der Waals surface area contributed by atoms with Crippen molar-refractivity contribution in [3.63, 3.8) is 0 Å². The van der Waals surface area contributed by atoms with Crippen molar-refractivity contribution in [2.45, 2.75) is 26.2 Å². The summed E-state index contributed by atoms with van der Waals surface area (Å²) in [7, 11) is 0. The van der Waals surface area contributed by atoms with Crippen LogP contribution >= 0.6 is 0 Å². The van der Waals surface area contributed by atoms with Gasteiger partial charge in [0.1, 0.15) is 0 Å². The summed E-state index contributed by atoms with van der Waals surface area (Å²) >= 11 is 0. The second-order valence-corrected chi connectivity index (χ2v) is 12.4. The van der Waals surface area contributed by atoms with E-state index in [1.54, 1.807) is 6.21 Å². The number of fused-ring (bicyclic) bond motifs is 6. The van der Waals surface area contributed by atoms with Crippen molar-refractivity contribution in [1.82, 2.24) is 9.97 Å². The minimum atomic E-state index is -0.0637. The Labute approximate surface area is 268 Å². The topological polar surface area (TPSA) is 50.5 Å². The zero-order valence-electron chi connectivity index (χ0n) is 26.1. The molecular formula is C42H32N4. The zero-order valence-corrected chi connectivity index (χ0v) is 26.1. The van der Waals surface area contributed by atoms with Crippen molar-refractivity contribution < 1.29 is 0 Å². The first kappa shape index (κ1) is 27.8. The van der Waals surface area contributed by atoms with E-state index in [0.29, 0.717) is 0 Å². The third kappa shape index (κ3) is 4.45. The minimum absolute atomic E-state index is 0.0637. The fourth-order valence-corrected chi connectivity index (χ4v) is 6.89. The van der Waals surface area contributed by atoms with Gasteiger partial charge in [0.15, 0.2) is 0 Å². The summed E-state index contributed by atoms with van der Waals surface area (Å²) in [5, 5.41) is 2.14. The van der Waals surface area contributed by atoms with Crippen LogP contribution in [0.5, 0.6) is 0 Å². The first-order chi connectivity index (χ1) is 22.4. The van der Waals surface area contributed by atoms with Crippen LogP contribution in [-0.4, -0.2) is 22.9 Å². The highest BCUT2D eigenvalue weighted by molar-refractivity contribution is 6.04. The molecule has 2 aromatic heterocycles. The van der Waals surface area contributed by atoms with Gasteiger partial charge in [0.05, 0.1) is 33.8 Å². The fourth-order valence-electron chi connectivity index (χ4n) is 6.89. The molecule has 0 N–H and O–H groups in total. The van der Waals surface area contributed by atoms with Gasteiger partial charge in [0.2, 0.25) is 0 Å². The van der Waals surface area contributed by atoms with E-state index in [9.17, 15) is 0 Å². The van der Waals surface area contributed by atoms with Crippen LogP contribution in [0.25, 0.3) is 66.6 Å². The molecular weight excluding hydrogens is 560 g/mol. The molecule has 1 aliphatic carbocycles. The Kier molecular flexibility index (Phi) is 6.47. The predicted molar refractivity (Wildman–Crippen MR) is 194 cm³/mol. The van der Waals surface area contributed by atoms with Crippen LogP contribution in [0.1, 0.15) is 31.9 Å². The molecule has 7 aromatic rings. The van der Waals surface area contributed by atoms with E-state index < -0.39 is 0 Å². The summed E-state index contributed by atoms with van der Waals surface area (Å²) in [4.78, 5) is 19.1. The summed E-state index contributed by atoms with van der Waals surface area (Å²) in [5.41, 5.74) is 14.8. The number of pyridine rings is 2. The molecule has 0 amide bonds. The summed E-state index contributed by atoms with van der Waals surface area (Å²) < 4.78 is 0. The molecule has 220 valence electrons. The molecule has 5 aromatic carbocycles. The summed E-state index contributed by atoms with van der Waals surface area (Å²) in [6, 6.07) is 42.9. The van der Waals surface area contributed by atoms with E-state index >= 15 is 0 Å². The van der Waals surface area contributed by atoms with Gasteiger partial charge >= 0.3 is 0 Å². The number of benzene rings is 5. The van der Waals surface area contributed by atoms with Crippen LogP contribution in [0.4, 0.5) is 11.4 Å². The standard InChI is InChI=1S/C42H32N4/c1-5-44-39-25-29(18-22-38(39)43-4)28-9-8-10-30(23-28)36-20-16-26-13-14-27-17-21-37(46-41(27)40(26)45-36)31-15-19-33-32-11-6-7-12-34(32)42(2,3)35(33)24-31/h5-25H,4H2,1-3H3/b44-5-. The van der Waals surface area contributed by atoms with E-state index in [4.69, 9.17) is 9.97 Å². The van der Waals surface area contributed by atoms with Gasteiger partial charge in [-0.2, -0.15) is 0 Å². The van der Waals surface area contributed by atoms with Crippen LogP contribution in [0.3, 0.4) is 0 Å².